The molecule has 1 aliphatic carbocycles. The van der Waals surface area contributed by atoms with Crippen LogP contribution in [0.3, 0.4) is 0 Å². The van der Waals surface area contributed by atoms with Crippen LogP contribution in [0.4, 0.5) is 0 Å². The van der Waals surface area contributed by atoms with Gasteiger partial charge in [0.15, 0.2) is 0 Å². The summed E-state index contributed by atoms with van der Waals surface area (Å²) in [4.78, 5) is 11.9. The minimum atomic E-state index is -0.437. The van der Waals surface area contributed by atoms with Gasteiger partial charge in [0.1, 0.15) is 5.75 Å². The second-order valence-electron chi connectivity index (χ2n) is 6.48. The van der Waals surface area contributed by atoms with Crippen molar-refractivity contribution in [3.05, 3.63) is 90.0 Å². The van der Waals surface area contributed by atoms with Gasteiger partial charge in [-0.3, -0.25) is 0 Å². The SMILES string of the molecule is C=CC(=O)Oc1ccc2c(c1-c1cccc(CC)c1)Cc1ccccc1-2. The number of hydrogen-bond acceptors (Lipinski definition) is 2. The third-order valence-corrected chi connectivity index (χ3v) is 4.95. The van der Waals surface area contributed by atoms with Crippen molar-refractivity contribution in [3.8, 4) is 28.0 Å². The molecule has 26 heavy (non-hydrogen) atoms. The van der Waals surface area contributed by atoms with Crippen LogP contribution in [0.2, 0.25) is 0 Å². The number of rotatable bonds is 4. The number of aryl methyl sites for hydroxylation is 1. The highest BCUT2D eigenvalue weighted by atomic mass is 16.5. The third kappa shape index (κ3) is 2.74. The Kier molecular flexibility index (Phi) is 4.18. The van der Waals surface area contributed by atoms with E-state index in [9.17, 15) is 4.79 Å². The minimum absolute atomic E-state index is 0.437. The number of carbonyl (C=O) groups is 1. The fourth-order valence-electron chi connectivity index (χ4n) is 3.69. The van der Waals surface area contributed by atoms with E-state index in [4.69, 9.17) is 4.74 Å². The topological polar surface area (TPSA) is 26.3 Å². The molecule has 1 aliphatic rings. The van der Waals surface area contributed by atoms with Gasteiger partial charge >= 0.3 is 5.97 Å². The molecule has 0 aliphatic heterocycles. The van der Waals surface area contributed by atoms with Crippen molar-refractivity contribution in [2.45, 2.75) is 19.8 Å². The number of carbonyl (C=O) groups excluding carboxylic acids is 1. The van der Waals surface area contributed by atoms with Crippen LogP contribution in [-0.4, -0.2) is 5.97 Å². The highest BCUT2D eigenvalue weighted by Crippen LogP contribution is 2.45. The lowest BCUT2D eigenvalue weighted by Crippen LogP contribution is -2.05. The van der Waals surface area contributed by atoms with E-state index >= 15 is 0 Å². The molecule has 0 bridgehead atoms. The van der Waals surface area contributed by atoms with E-state index in [1.54, 1.807) is 0 Å². The molecular formula is C24H20O2. The Bertz CT molecular complexity index is 1010. The lowest BCUT2D eigenvalue weighted by Gasteiger charge is -2.15. The lowest BCUT2D eigenvalue weighted by molar-refractivity contribution is -0.128. The Hall–Kier alpha value is -3.13. The minimum Gasteiger partial charge on any atom is -0.423 e. The smallest absolute Gasteiger partial charge is 0.335 e. The van der Waals surface area contributed by atoms with E-state index < -0.39 is 5.97 Å². The molecule has 3 aromatic carbocycles. The molecule has 2 nitrogen and oxygen atoms in total. The van der Waals surface area contributed by atoms with E-state index in [2.05, 4.69) is 68.1 Å². The molecule has 0 saturated carbocycles. The van der Waals surface area contributed by atoms with Crippen LogP contribution in [0.15, 0.2) is 73.3 Å². The standard InChI is InChI=1S/C24H20O2/c1-3-16-8-7-10-18(14-16)24-21-15-17-9-5-6-11-19(17)20(21)12-13-22(24)26-23(25)4-2/h4-14H,2-3,15H2,1H3. The Balaban J connectivity index is 1.94. The van der Waals surface area contributed by atoms with E-state index in [1.807, 2.05) is 6.07 Å². The zero-order chi connectivity index (χ0) is 18.1. The third-order valence-electron chi connectivity index (χ3n) is 4.95. The molecule has 128 valence electrons. The van der Waals surface area contributed by atoms with E-state index in [-0.39, 0.29) is 0 Å². The molecular weight excluding hydrogens is 320 g/mol. The monoisotopic (exact) mass is 340 g/mol. The van der Waals surface area contributed by atoms with Crippen molar-refractivity contribution in [1.29, 1.82) is 0 Å². The number of esters is 1. The highest BCUT2D eigenvalue weighted by Gasteiger charge is 2.25. The zero-order valence-electron chi connectivity index (χ0n) is 14.8. The van der Waals surface area contributed by atoms with E-state index in [0.29, 0.717) is 5.75 Å². The van der Waals surface area contributed by atoms with Crippen molar-refractivity contribution in [2.75, 3.05) is 0 Å². The van der Waals surface area contributed by atoms with Crippen LogP contribution in [0.5, 0.6) is 5.75 Å². The highest BCUT2D eigenvalue weighted by molar-refractivity contribution is 5.91. The molecule has 4 rings (SSSR count). The van der Waals surface area contributed by atoms with Gasteiger partial charge in [-0.15, -0.1) is 0 Å². The van der Waals surface area contributed by atoms with Gasteiger partial charge < -0.3 is 4.74 Å². The fourth-order valence-corrected chi connectivity index (χ4v) is 3.69. The van der Waals surface area contributed by atoms with Gasteiger partial charge in [-0.25, -0.2) is 4.79 Å². The number of hydrogen-bond donors (Lipinski definition) is 0. The summed E-state index contributed by atoms with van der Waals surface area (Å²) in [5.41, 5.74) is 8.35. The molecule has 0 spiro atoms. The largest absolute Gasteiger partial charge is 0.423 e. The summed E-state index contributed by atoms with van der Waals surface area (Å²) < 4.78 is 5.59. The quantitative estimate of drug-likeness (QED) is 0.275. The van der Waals surface area contributed by atoms with Gasteiger partial charge in [-0.2, -0.15) is 0 Å². The molecule has 0 radical (unpaired) electrons. The van der Waals surface area contributed by atoms with E-state index in [0.717, 1.165) is 24.0 Å². The first-order valence-corrected chi connectivity index (χ1v) is 8.89. The molecule has 0 N–H and O–H groups in total. The summed E-state index contributed by atoms with van der Waals surface area (Å²) in [5, 5.41) is 0. The van der Waals surface area contributed by atoms with Crippen LogP contribution in [0.25, 0.3) is 22.3 Å². The van der Waals surface area contributed by atoms with Crippen molar-refractivity contribution < 1.29 is 9.53 Å². The van der Waals surface area contributed by atoms with Gasteiger partial charge in [0.2, 0.25) is 0 Å². The number of benzene rings is 3. The average molecular weight is 340 g/mol. The van der Waals surface area contributed by atoms with Crippen molar-refractivity contribution in [2.24, 2.45) is 0 Å². The molecule has 0 aromatic heterocycles. The Morgan fingerprint density at radius 3 is 2.73 bits per heavy atom. The lowest BCUT2D eigenvalue weighted by atomic mass is 9.93. The maximum atomic E-state index is 11.9. The first-order valence-electron chi connectivity index (χ1n) is 8.89. The van der Waals surface area contributed by atoms with Crippen molar-refractivity contribution in [1.82, 2.24) is 0 Å². The molecule has 0 heterocycles. The summed E-state index contributed by atoms with van der Waals surface area (Å²) >= 11 is 0. The van der Waals surface area contributed by atoms with Gasteiger partial charge in [0.05, 0.1) is 0 Å². The Labute approximate surface area is 153 Å². The van der Waals surface area contributed by atoms with Crippen LogP contribution in [-0.2, 0) is 17.6 Å². The summed E-state index contributed by atoms with van der Waals surface area (Å²) in [6, 6.07) is 20.9. The Morgan fingerprint density at radius 2 is 1.92 bits per heavy atom. The van der Waals surface area contributed by atoms with E-state index in [1.165, 1.54) is 33.9 Å². The molecule has 2 heteroatoms. The molecule has 0 atom stereocenters. The second-order valence-corrected chi connectivity index (χ2v) is 6.48. The molecule has 0 unspecified atom stereocenters. The van der Waals surface area contributed by atoms with Gasteiger partial charge in [0.25, 0.3) is 0 Å². The molecule has 3 aromatic rings. The van der Waals surface area contributed by atoms with Crippen LogP contribution in [0.1, 0.15) is 23.6 Å². The summed E-state index contributed by atoms with van der Waals surface area (Å²) in [6.07, 6.45) is 3.01. The summed E-state index contributed by atoms with van der Waals surface area (Å²) in [7, 11) is 0. The average Bonchev–Trinajstić information content (AvgIpc) is 3.06. The second kappa shape index (κ2) is 6.64. The maximum absolute atomic E-state index is 11.9. The first-order chi connectivity index (χ1) is 12.7. The number of fused-ring (bicyclic) bond motifs is 3. The zero-order valence-corrected chi connectivity index (χ0v) is 14.8. The predicted molar refractivity (Wildman–Crippen MR) is 105 cm³/mol. The first kappa shape index (κ1) is 16.3. The van der Waals surface area contributed by atoms with Crippen molar-refractivity contribution >= 4 is 5.97 Å². The summed E-state index contributed by atoms with van der Waals surface area (Å²) in [6.45, 7) is 5.66. The number of ether oxygens (including phenoxy) is 1. The van der Waals surface area contributed by atoms with Gasteiger partial charge in [0, 0.05) is 11.6 Å². The normalized spacial score (nSPS) is 11.6. The van der Waals surface area contributed by atoms with Crippen LogP contribution in [0, 0.1) is 0 Å². The van der Waals surface area contributed by atoms with Crippen LogP contribution >= 0.6 is 0 Å². The molecule has 0 fully saturated rings. The van der Waals surface area contributed by atoms with Gasteiger partial charge in [-0.05, 0) is 52.3 Å². The molecule has 0 saturated heterocycles. The maximum Gasteiger partial charge on any atom is 0.335 e. The Morgan fingerprint density at radius 1 is 1.08 bits per heavy atom. The molecule has 0 amide bonds. The summed E-state index contributed by atoms with van der Waals surface area (Å²) in [5.74, 6) is 0.156. The van der Waals surface area contributed by atoms with Crippen LogP contribution < -0.4 is 4.74 Å². The fraction of sp³-hybridized carbons (Fsp3) is 0.125. The predicted octanol–water partition coefficient (Wildman–Crippen LogP) is 5.58. The van der Waals surface area contributed by atoms with Crippen molar-refractivity contribution in [3.63, 3.8) is 0 Å². The van der Waals surface area contributed by atoms with Gasteiger partial charge in [-0.1, -0.05) is 68.1 Å².